The van der Waals surface area contributed by atoms with Gasteiger partial charge in [-0.3, -0.25) is 9.88 Å². The van der Waals surface area contributed by atoms with Gasteiger partial charge in [-0.2, -0.15) is 5.10 Å². The van der Waals surface area contributed by atoms with Crippen LogP contribution in [0.1, 0.15) is 28.8 Å². The van der Waals surface area contributed by atoms with Gasteiger partial charge in [0.1, 0.15) is 36.0 Å². The molecule has 0 spiro atoms. The Labute approximate surface area is 183 Å². The minimum Gasteiger partial charge on any atom is -0.459 e. The molecule has 10 heteroatoms. The van der Waals surface area contributed by atoms with Crippen molar-refractivity contribution in [3.05, 3.63) is 78.1 Å². The first-order valence-corrected chi connectivity index (χ1v) is 10.3. The van der Waals surface area contributed by atoms with Gasteiger partial charge in [-0.25, -0.2) is 23.2 Å². The van der Waals surface area contributed by atoms with E-state index in [1.165, 1.54) is 35.8 Å². The topological polar surface area (TPSA) is 93.4 Å². The lowest BCUT2D eigenvalue weighted by atomic mass is 9.91. The summed E-state index contributed by atoms with van der Waals surface area (Å²) in [5.41, 5.74) is -1.23. The zero-order valence-corrected chi connectivity index (χ0v) is 17.3. The summed E-state index contributed by atoms with van der Waals surface area (Å²) in [7, 11) is 0. The maximum absolute atomic E-state index is 14.6. The van der Waals surface area contributed by atoms with Crippen molar-refractivity contribution in [2.75, 3.05) is 19.6 Å². The van der Waals surface area contributed by atoms with Crippen LogP contribution in [0.2, 0.25) is 0 Å². The van der Waals surface area contributed by atoms with Crippen LogP contribution < -0.4 is 0 Å². The second-order valence-electron chi connectivity index (χ2n) is 7.87. The van der Waals surface area contributed by atoms with Crippen molar-refractivity contribution in [2.24, 2.45) is 0 Å². The van der Waals surface area contributed by atoms with E-state index in [9.17, 15) is 18.7 Å². The number of likely N-dealkylation sites (tertiary alicyclic amines) is 1. The van der Waals surface area contributed by atoms with E-state index in [1.54, 1.807) is 12.1 Å². The smallest absolute Gasteiger partial charge is 0.338 e. The molecular weight excluding hydrogens is 420 g/mol. The largest absolute Gasteiger partial charge is 0.459 e. The molecule has 0 bridgehead atoms. The highest BCUT2D eigenvalue weighted by molar-refractivity contribution is 5.89. The monoisotopic (exact) mass is 443 g/mol. The molecule has 1 aliphatic heterocycles. The SMILES string of the molecule is O=C(OC1CCN(CC(O)(Cn2cncn2)c2ccc(F)cc2F)CC1)c1ccncc1. The lowest BCUT2D eigenvalue weighted by molar-refractivity contribution is -0.0396. The Morgan fingerprint density at radius 2 is 1.88 bits per heavy atom. The normalized spacial score (nSPS) is 17.1. The van der Waals surface area contributed by atoms with Crippen molar-refractivity contribution in [1.29, 1.82) is 0 Å². The summed E-state index contributed by atoms with van der Waals surface area (Å²) >= 11 is 0. The third-order valence-corrected chi connectivity index (χ3v) is 5.53. The molecular formula is C22H23F2N5O3. The summed E-state index contributed by atoms with van der Waals surface area (Å²) in [6.07, 6.45) is 6.71. The summed E-state index contributed by atoms with van der Waals surface area (Å²) < 4.78 is 35.0. The minimum atomic E-state index is -1.66. The Bertz CT molecular complexity index is 1040. The first kappa shape index (κ1) is 22.0. The molecule has 0 amide bonds. The van der Waals surface area contributed by atoms with E-state index in [0.29, 0.717) is 31.5 Å². The molecule has 1 fully saturated rings. The predicted octanol–water partition coefficient (Wildman–Crippen LogP) is 2.16. The van der Waals surface area contributed by atoms with E-state index < -0.39 is 23.2 Å². The van der Waals surface area contributed by atoms with Gasteiger partial charge < -0.3 is 9.84 Å². The fourth-order valence-electron chi connectivity index (χ4n) is 3.93. The molecule has 0 aliphatic carbocycles. The predicted molar refractivity (Wildman–Crippen MR) is 109 cm³/mol. The van der Waals surface area contributed by atoms with Gasteiger partial charge in [0.25, 0.3) is 0 Å². The summed E-state index contributed by atoms with van der Waals surface area (Å²) in [5, 5.41) is 15.5. The zero-order valence-electron chi connectivity index (χ0n) is 17.3. The van der Waals surface area contributed by atoms with Gasteiger partial charge in [-0.15, -0.1) is 0 Å². The lowest BCUT2D eigenvalue weighted by Crippen LogP contribution is -2.48. The molecule has 3 aromatic rings. The van der Waals surface area contributed by atoms with Crippen LogP contribution in [0.3, 0.4) is 0 Å². The number of halogens is 2. The van der Waals surface area contributed by atoms with Crippen molar-refractivity contribution >= 4 is 5.97 Å². The van der Waals surface area contributed by atoms with E-state index in [-0.39, 0.29) is 24.8 Å². The molecule has 1 saturated heterocycles. The molecule has 168 valence electrons. The maximum Gasteiger partial charge on any atom is 0.338 e. The van der Waals surface area contributed by atoms with E-state index >= 15 is 0 Å². The molecule has 1 aliphatic rings. The summed E-state index contributed by atoms with van der Waals surface area (Å²) in [6.45, 7) is 1.13. The molecule has 32 heavy (non-hydrogen) atoms. The molecule has 2 aromatic heterocycles. The third kappa shape index (κ3) is 5.14. The highest BCUT2D eigenvalue weighted by atomic mass is 19.1. The van der Waals surface area contributed by atoms with Crippen LogP contribution in [0.15, 0.2) is 55.4 Å². The maximum atomic E-state index is 14.6. The Balaban J connectivity index is 1.42. The van der Waals surface area contributed by atoms with Crippen LogP contribution in [0, 0.1) is 11.6 Å². The van der Waals surface area contributed by atoms with Gasteiger partial charge in [0.05, 0.1) is 12.1 Å². The number of hydrogen-bond acceptors (Lipinski definition) is 7. The van der Waals surface area contributed by atoms with Crippen LogP contribution in [-0.4, -0.2) is 61.5 Å². The fourth-order valence-corrected chi connectivity index (χ4v) is 3.93. The Hall–Kier alpha value is -3.24. The van der Waals surface area contributed by atoms with Crippen molar-refractivity contribution in [3.8, 4) is 0 Å². The number of nitrogens with zero attached hydrogens (tertiary/aromatic N) is 5. The number of carbonyl (C=O) groups is 1. The lowest BCUT2D eigenvalue weighted by Gasteiger charge is -2.38. The van der Waals surface area contributed by atoms with E-state index in [0.717, 1.165) is 12.1 Å². The molecule has 0 saturated carbocycles. The number of esters is 1. The van der Waals surface area contributed by atoms with E-state index in [4.69, 9.17) is 4.74 Å². The molecule has 3 heterocycles. The van der Waals surface area contributed by atoms with Crippen LogP contribution in [0.4, 0.5) is 8.78 Å². The van der Waals surface area contributed by atoms with Gasteiger partial charge in [-0.1, -0.05) is 6.07 Å². The quantitative estimate of drug-likeness (QED) is 0.560. The van der Waals surface area contributed by atoms with Crippen molar-refractivity contribution in [2.45, 2.75) is 31.1 Å². The molecule has 4 rings (SSSR count). The Morgan fingerprint density at radius 3 is 2.53 bits per heavy atom. The molecule has 1 aromatic carbocycles. The van der Waals surface area contributed by atoms with E-state index in [1.807, 2.05) is 4.90 Å². The van der Waals surface area contributed by atoms with Gasteiger partial charge in [0.15, 0.2) is 0 Å². The van der Waals surface area contributed by atoms with E-state index in [2.05, 4.69) is 15.1 Å². The van der Waals surface area contributed by atoms with Crippen LogP contribution >= 0.6 is 0 Å². The van der Waals surface area contributed by atoms with Gasteiger partial charge in [0.2, 0.25) is 0 Å². The Kier molecular flexibility index (Phi) is 6.52. The second kappa shape index (κ2) is 9.49. The summed E-state index contributed by atoms with van der Waals surface area (Å²) in [6, 6.07) is 6.32. The number of hydrogen-bond donors (Lipinski definition) is 1. The average Bonchev–Trinajstić information content (AvgIpc) is 3.28. The van der Waals surface area contributed by atoms with Gasteiger partial charge in [0, 0.05) is 43.7 Å². The average molecular weight is 443 g/mol. The highest BCUT2D eigenvalue weighted by Crippen LogP contribution is 2.29. The molecule has 8 nitrogen and oxygen atoms in total. The van der Waals surface area contributed by atoms with Crippen molar-refractivity contribution in [3.63, 3.8) is 0 Å². The Morgan fingerprint density at radius 1 is 1.12 bits per heavy atom. The zero-order chi connectivity index (χ0) is 22.6. The standard InChI is InChI=1S/C22H23F2N5O3/c23-17-1-2-19(20(24)11-17)22(31,13-29-15-26-14-27-29)12-28-9-5-18(6-10-28)32-21(30)16-3-7-25-8-4-16/h1-4,7-8,11,14-15,18,31H,5-6,9-10,12-13H2. The van der Waals surface area contributed by atoms with Crippen LogP contribution in [0.5, 0.6) is 0 Å². The van der Waals surface area contributed by atoms with Crippen molar-refractivity contribution < 1.29 is 23.4 Å². The number of pyridine rings is 1. The van der Waals surface area contributed by atoms with Crippen LogP contribution in [0.25, 0.3) is 0 Å². The fraction of sp³-hybridized carbons (Fsp3) is 0.364. The molecule has 1 N–H and O–H groups in total. The second-order valence-corrected chi connectivity index (χ2v) is 7.87. The molecule has 1 atom stereocenters. The summed E-state index contributed by atoms with van der Waals surface area (Å²) in [4.78, 5) is 22.0. The minimum absolute atomic E-state index is 0.0133. The number of β-amino-alcohol motifs (C(OH)–C–C–N with tert-alkyl or cyclic N) is 1. The first-order valence-electron chi connectivity index (χ1n) is 10.3. The third-order valence-electron chi connectivity index (χ3n) is 5.53. The number of piperidine rings is 1. The molecule has 0 radical (unpaired) electrons. The number of aliphatic hydroxyl groups is 1. The summed E-state index contributed by atoms with van der Waals surface area (Å²) in [5.74, 6) is -1.94. The highest BCUT2D eigenvalue weighted by Gasteiger charge is 2.37. The number of ether oxygens (including phenoxy) is 1. The van der Waals surface area contributed by atoms with Crippen molar-refractivity contribution in [1.82, 2.24) is 24.6 Å². The van der Waals surface area contributed by atoms with Crippen LogP contribution in [-0.2, 0) is 16.9 Å². The number of benzene rings is 1. The van der Waals surface area contributed by atoms with Gasteiger partial charge in [-0.05, 0) is 31.0 Å². The number of aromatic nitrogens is 4. The first-order chi connectivity index (χ1) is 15.4. The molecule has 1 unspecified atom stereocenters. The number of rotatable bonds is 7. The van der Waals surface area contributed by atoms with Gasteiger partial charge >= 0.3 is 5.97 Å². The number of carbonyl (C=O) groups excluding carboxylic acids is 1.